The average molecular weight is 433 g/mol. The van der Waals surface area contributed by atoms with E-state index in [9.17, 15) is 9.59 Å². The van der Waals surface area contributed by atoms with E-state index < -0.39 is 0 Å². The Morgan fingerprint density at radius 1 is 1.03 bits per heavy atom. The Balaban J connectivity index is 1.45. The minimum Gasteiger partial charge on any atom is -0.297 e. The summed E-state index contributed by atoms with van der Waals surface area (Å²) in [6.07, 6.45) is 1.28. The molecule has 150 valence electrons. The number of ketones is 1. The molecular formula is C24H20N2O2S2. The van der Waals surface area contributed by atoms with Gasteiger partial charge in [0, 0.05) is 11.1 Å². The maximum Gasteiger partial charge on any atom is 0.267 e. The summed E-state index contributed by atoms with van der Waals surface area (Å²) >= 11 is 2.77. The molecule has 5 rings (SSSR count). The summed E-state index contributed by atoms with van der Waals surface area (Å²) in [5.74, 6) is -0.0679. The maximum absolute atomic E-state index is 12.9. The lowest BCUT2D eigenvalue weighted by Crippen LogP contribution is -2.26. The first-order valence-corrected chi connectivity index (χ1v) is 11.5. The van der Waals surface area contributed by atoms with Crippen molar-refractivity contribution in [2.45, 2.75) is 26.7 Å². The lowest BCUT2D eigenvalue weighted by atomic mass is 9.78. The van der Waals surface area contributed by atoms with E-state index in [1.807, 2.05) is 36.4 Å². The molecule has 2 aromatic heterocycles. The fourth-order valence-electron chi connectivity index (χ4n) is 3.95. The predicted octanol–water partition coefficient (Wildman–Crippen LogP) is 6.43. The number of carbonyl (C=O) groups is 2. The standard InChI is InChI=1S/C24H20N2O2S2/c1-24(2)12-17-21(18(27)13-24)30-23(25-17)26-22(28)19-11-15-9-6-10-16(20(15)29-19)14-7-4-3-5-8-14/h3-11H,12-13H2,1-2H3,(H,25,26,28). The molecular weight excluding hydrogens is 412 g/mol. The second kappa shape index (κ2) is 7.15. The van der Waals surface area contributed by atoms with E-state index in [1.165, 1.54) is 22.7 Å². The van der Waals surface area contributed by atoms with Crippen LogP contribution < -0.4 is 5.32 Å². The number of hydrogen-bond acceptors (Lipinski definition) is 5. The van der Waals surface area contributed by atoms with Crippen molar-refractivity contribution in [1.29, 1.82) is 0 Å². The summed E-state index contributed by atoms with van der Waals surface area (Å²) in [6, 6.07) is 18.2. The zero-order valence-corrected chi connectivity index (χ0v) is 18.3. The van der Waals surface area contributed by atoms with Crippen molar-refractivity contribution in [3.8, 4) is 11.1 Å². The number of thiophene rings is 1. The molecule has 4 aromatic rings. The molecule has 0 unspecified atom stereocenters. The highest BCUT2D eigenvalue weighted by Gasteiger charge is 2.34. The predicted molar refractivity (Wildman–Crippen MR) is 124 cm³/mol. The molecule has 1 amide bonds. The summed E-state index contributed by atoms with van der Waals surface area (Å²) in [5.41, 5.74) is 2.97. The Labute approximate surface area is 182 Å². The minimum absolute atomic E-state index is 0.0846. The van der Waals surface area contributed by atoms with Gasteiger partial charge in [-0.05, 0) is 34.4 Å². The van der Waals surface area contributed by atoms with Crippen LogP contribution in [0, 0.1) is 5.41 Å². The average Bonchev–Trinajstić information content (AvgIpc) is 3.31. The summed E-state index contributed by atoms with van der Waals surface area (Å²) in [5, 5.41) is 4.45. The van der Waals surface area contributed by atoms with Gasteiger partial charge < -0.3 is 0 Å². The minimum atomic E-state index is -0.187. The first-order chi connectivity index (χ1) is 14.4. The second-order valence-corrected chi connectivity index (χ2v) is 10.4. The van der Waals surface area contributed by atoms with Gasteiger partial charge in [0.15, 0.2) is 10.9 Å². The van der Waals surface area contributed by atoms with E-state index in [0.717, 1.165) is 33.3 Å². The molecule has 1 aliphatic carbocycles. The monoisotopic (exact) mass is 432 g/mol. The Morgan fingerprint density at radius 2 is 1.83 bits per heavy atom. The van der Waals surface area contributed by atoms with Crippen LogP contribution in [0.4, 0.5) is 5.13 Å². The topological polar surface area (TPSA) is 59.1 Å². The van der Waals surface area contributed by atoms with Crippen molar-refractivity contribution >= 4 is 49.6 Å². The quantitative estimate of drug-likeness (QED) is 0.406. The molecule has 0 saturated carbocycles. The van der Waals surface area contributed by atoms with E-state index in [1.54, 1.807) is 0 Å². The van der Waals surface area contributed by atoms with Gasteiger partial charge in [0.2, 0.25) is 0 Å². The number of rotatable bonds is 3. The maximum atomic E-state index is 12.9. The SMILES string of the molecule is CC1(C)CC(=O)c2sc(NC(=O)c3cc4cccc(-c5ccccc5)c4s3)nc2C1. The van der Waals surface area contributed by atoms with Gasteiger partial charge in [0.25, 0.3) is 5.91 Å². The van der Waals surface area contributed by atoms with Crippen LogP contribution in [0.25, 0.3) is 21.2 Å². The number of benzene rings is 2. The van der Waals surface area contributed by atoms with Crippen molar-refractivity contribution in [1.82, 2.24) is 4.98 Å². The molecule has 0 atom stereocenters. The highest BCUT2D eigenvalue weighted by atomic mass is 32.1. The smallest absolute Gasteiger partial charge is 0.267 e. The molecule has 1 aliphatic rings. The van der Waals surface area contributed by atoms with Crippen LogP contribution in [0.2, 0.25) is 0 Å². The molecule has 2 aromatic carbocycles. The second-order valence-electron chi connectivity index (χ2n) is 8.39. The third kappa shape index (κ3) is 3.46. The van der Waals surface area contributed by atoms with Crippen molar-refractivity contribution in [2.24, 2.45) is 5.41 Å². The number of nitrogens with one attached hydrogen (secondary N) is 1. The highest BCUT2D eigenvalue weighted by Crippen LogP contribution is 2.39. The fraction of sp³-hybridized carbons (Fsp3) is 0.208. The number of anilines is 1. The van der Waals surface area contributed by atoms with E-state index in [2.05, 4.69) is 42.3 Å². The molecule has 2 heterocycles. The van der Waals surface area contributed by atoms with Crippen molar-refractivity contribution < 1.29 is 9.59 Å². The normalized spacial score (nSPS) is 15.2. The number of thiazole rings is 1. The summed E-state index contributed by atoms with van der Waals surface area (Å²) in [7, 11) is 0. The van der Waals surface area contributed by atoms with Crippen LogP contribution in [-0.2, 0) is 6.42 Å². The first kappa shape index (κ1) is 19.2. The number of nitrogens with zero attached hydrogens (tertiary/aromatic N) is 1. The van der Waals surface area contributed by atoms with Crippen LogP contribution in [0.15, 0.2) is 54.6 Å². The van der Waals surface area contributed by atoms with Crippen LogP contribution in [-0.4, -0.2) is 16.7 Å². The van der Waals surface area contributed by atoms with Gasteiger partial charge in [0.05, 0.1) is 15.4 Å². The van der Waals surface area contributed by atoms with Gasteiger partial charge in [-0.2, -0.15) is 0 Å². The molecule has 0 spiro atoms. The van der Waals surface area contributed by atoms with Crippen molar-refractivity contribution in [2.75, 3.05) is 5.32 Å². The van der Waals surface area contributed by atoms with Crippen molar-refractivity contribution in [3.05, 3.63) is 70.0 Å². The molecule has 1 N–H and O–H groups in total. The number of carbonyl (C=O) groups excluding carboxylic acids is 2. The molecule has 30 heavy (non-hydrogen) atoms. The Kier molecular flexibility index (Phi) is 4.56. The molecule has 0 bridgehead atoms. The lowest BCUT2D eigenvalue weighted by Gasteiger charge is -2.26. The summed E-state index contributed by atoms with van der Waals surface area (Å²) in [4.78, 5) is 31.2. The number of Topliss-reactive ketones (excluding diaryl/α,β-unsaturated/α-hetero) is 1. The van der Waals surface area contributed by atoms with E-state index >= 15 is 0 Å². The zero-order valence-electron chi connectivity index (χ0n) is 16.7. The summed E-state index contributed by atoms with van der Waals surface area (Å²) < 4.78 is 1.09. The lowest BCUT2D eigenvalue weighted by molar-refractivity contribution is 0.0915. The van der Waals surface area contributed by atoms with Gasteiger partial charge >= 0.3 is 0 Å². The van der Waals surface area contributed by atoms with Gasteiger partial charge in [-0.3, -0.25) is 14.9 Å². The van der Waals surface area contributed by atoms with Gasteiger partial charge in [0.1, 0.15) is 0 Å². The fourth-order valence-corrected chi connectivity index (χ4v) is 5.96. The number of fused-ring (bicyclic) bond motifs is 2. The zero-order chi connectivity index (χ0) is 20.9. The van der Waals surface area contributed by atoms with Gasteiger partial charge in [-0.25, -0.2) is 4.98 Å². The van der Waals surface area contributed by atoms with Gasteiger partial charge in [-0.1, -0.05) is 73.7 Å². The third-order valence-corrected chi connectivity index (χ3v) is 7.55. The first-order valence-electron chi connectivity index (χ1n) is 9.82. The molecule has 0 aliphatic heterocycles. The van der Waals surface area contributed by atoms with Gasteiger partial charge in [-0.15, -0.1) is 11.3 Å². The van der Waals surface area contributed by atoms with Crippen LogP contribution in [0.1, 0.15) is 45.3 Å². The number of hydrogen-bond donors (Lipinski definition) is 1. The summed E-state index contributed by atoms with van der Waals surface area (Å²) in [6.45, 7) is 4.15. The molecule has 0 saturated heterocycles. The molecule has 4 nitrogen and oxygen atoms in total. The Morgan fingerprint density at radius 3 is 2.63 bits per heavy atom. The molecule has 0 radical (unpaired) electrons. The highest BCUT2D eigenvalue weighted by molar-refractivity contribution is 7.21. The molecule has 6 heteroatoms. The Hall–Kier alpha value is -2.83. The molecule has 0 fully saturated rings. The van der Waals surface area contributed by atoms with Crippen LogP contribution in [0.3, 0.4) is 0 Å². The largest absolute Gasteiger partial charge is 0.297 e. The van der Waals surface area contributed by atoms with E-state index in [4.69, 9.17) is 0 Å². The third-order valence-electron chi connectivity index (χ3n) is 5.31. The van der Waals surface area contributed by atoms with Crippen LogP contribution in [0.5, 0.6) is 0 Å². The number of aromatic nitrogens is 1. The Bertz CT molecular complexity index is 1290. The van der Waals surface area contributed by atoms with Crippen LogP contribution >= 0.6 is 22.7 Å². The van der Waals surface area contributed by atoms with E-state index in [0.29, 0.717) is 21.3 Å². The van der Waals surface area contributed by atoms with Crippen molar-refractivity contribution in [3.63, 3.8) is 0 Å². The number of amides is 1. The van der Waals surface area contributed by atoms with E-state index in [-0.39, 0.29) is 17.1 Å².